The number of pyridine rings is 1. The van der Waals surface area contributed by atoms with E-state index >= 15 is 0 Å². The Labute approximate surface area is 108 Å². The zero-order valence-corrected chi connectivity index (χ0v) is 10.6. The van der Waals surface area contributed by atoms with E-state index in [0.717, 1.165) is 38.9 Å². The lowest BCUT2D eigenvalue weighted by Crippen LogP contribution is -2.38. The van der Waals surface area contributed by atoms with Crippen LogP contribution in [0.25, 0.3) is 0 Å². The molecule has 1 aromatic heterocycles. The Balaban J connectivity index is 1.70. The monoisotopic (exact) mass is 248 g/mol. The number of Topliss-reactive ketones (excluding diaryl/α,β-unsaturated/α-hetero) is 1. The topological polar surface area (TPSA) is 53.4 Å². The summed E-state index contributed by atoms with van der Waals surface area (Å²) in [5.74, 6) is 0.153. The first-order chi connectivity index (χ1) is 8.75. The number of aliphatic hydroxyl groups is 1. The molecule has 0 aliphatic carbocycles. The van der Waals surface area contributed by atoms with Gasteiger partial charge in [0.2, 0.25) is 0 Å². The highest BCUT2D eigenvalue weighted by atomic mass is 16.3. The minimum Gasteiger partial charge on any atom is -0.392 e. The van der Waals surface area contributed by atoms with Gasteiger partial charge in [0.25, 0.3) is 0 Å². The molecule has 1 aliphatic heterocycles. The lowest BCUT2D eigenvalue weighted by atomic mass is 10.1. The highest BCUT2D eigenvalue weighted by Gasteiger charge is 2.17. The van der Waals surface area contributed by atoms with Crippen molar-refractivity contribution >= 4 is 5.78 Å². The molecule has 1 fully saturated rings. The van der Waals surface area contributed by atoms with Gasteiger partial charge < -0.3 is 10.0 Å². The summed E-state index contributed by atoms with van der Waals surface area (Å²) in [7, 11) is 0. The van der Waals surface area contributed by atoms with Crippen LogP contribution in [0, 0.1) is 0 Å². The molecular weight excluding hydrogens is 228 g/mol. The number of piperidine rings is 1. The summed E-state index contributed by atoms with van der Waals surface area (Å²) in [6.07, 6.45) is 6.47. The van der Waals surface area contributed by atoms with Crippen molar-refractivity contribution in [2.24, 2.45) is 0 Å². The maximum Gasteiger partial charge on any atom is 0.164 e. The predicted molar refractivity (Wildman–Crippen MR) is 69.5 cm³/mol. The van der Waals surface area contributed by atoms with Gasteiger partial charge in [0.05, 0.1) is 6.10 Å². The standard InChI is InChI=1S/C14H20N2O2/c17-13-5-2-8-16(11-13)9-3-6-14(18)12-4-1-7-15-10-12/h1,4,7,10,13,17H,2-3,5-6,8-9,11H2/t13-/m1/s1. The molecule has 0 spiro atoms. The third-order valence-corrected chi connectivity index (χ3v) is 3.34. The van der Waals surface area contributed by atoms with Crippen molar-refractivity contribution in [1.82, 2.24) is 9.88 Å². The zero-order chi connectivity index (χ0) is 12.8. The molecule has 2 rings (SSSR count). The molecule has 18 heavy (non-hydrogen) atoms. The summed E-state index contributed by atoms with van der Waals surface area (Å²) in [5.41, 5.74) is 0.691. The molecule has 1 N–H and O–H groups in total. The van der Waals surface area contributed by atoms with Crippen molar-refractivity contribution in [3.63, 3.8) is 0 Å². The van der Waals surface area contributed by atoms with E-state index in [9.17, 15) is 9.90 Å². The Bertz CT molecular complexity index is 381. The van der Waals surface area contributed by atoms with E-state index in [0.29, 0.717) is 12.0 Å². The van der Waals surface area contributed by atoms with Crippen LogP contribution in [0.3, 0.4) is 0 Å². The fraction of sp³-hybridized carbons (Fsp3) is 0.571. The molecule has 1 atom stereocenters. The quantitative estimate of drug-likeness (QED) is 0.802. The molecule has 0 aromatic carbocycles. The first kappa shape index (κ1) is 13.2. The summed E-state index contributed by atoms with van der Waals surface area (Å²) in [5, 5.41) is 9.55. The van der Waals surface area contributed by atoms with E-state index in [1.165, 1.54) is 0 Å². The molecule has 4 heteroatoms. The number of rotatable bonds is 5. The van der Waals surface area contributed by atoms with Gasteiger partial charge in [0, 0.05) is 30.9 Å². The van der Waals surface area contributed by atoms with E-state index in [2.05, 4.69) is 9.88 Å². The molecular formula is C14H20N2O2. The van der Waals surface area contributed by atoms with Crippen molar-refractivity contribution in [2.75, 3.05) is 19.6 Å². The Hall–Kier alpha value is -1.26. The van der Waals surface area contributed by atoms with E-state index < -0.39 is 0 Å². The van der Waals surface area contributed by atoms with E-state index in [4.69, 9.17) is 0 Å². The molecule has 4 nitrogen and oxygen atoms in total. The van der Waals surface area contributed by atoms with Crippen molar-refractivity contribution < 1.29 is 9.90 Å². The molecule has 1 aromatic rings. The number of ketones is 1. The molecule has 0 saturated carbocycles. The summed E-state index contributed by atoms with van der Waals surface area (Å²) in [4.78, 5) is 18.0. The molecule has 1 aliphatic rings. The SMILES string of the molecule is O=C(CCCN1CCC[C@@H](O)C1)c1cccnc1. The number of nitrogens with zero attached hydrogens (tertiary/aromatic N) is 2. The molecule has 1 saturated heterocycles. The third-order valence-electron chi connectivity index (χ3n) is 3.34. The largest absolute Gasteiger partial charge is 0.392 e. The Kier molecular flexibility index (Phi) is 4.84. The van der Waals surface area contributed by atoms with E-state index in [-0.39, 0.29) is 11.9 Å². The highest BCUT2D eigenvalue weighted by Crippen LogP contribution is 2.11. The maximum atomic E-state index is 11.8. The van der Waals surface area contributed by atoms with Gasteiger partial charge in [0.15, 0.2) is 5.78 Å². The van der Waals surface area contributed by atoms with Crippen LogP contribution in [0.2, 0.25) is 0 Å². The fourth-order valence-electron chi connectivity index (χ4n) is 2.37. The second kappa shape index (κ2) is 6.61. The average molecular weight is 248 g/mol. The third kappa shape index (κ3) is 3.89. The van der Waals surface area contributed by atoms with Gasteiger partial charge in [-0.3, -0.25) is 9.78 Å². The van der Waals surface area contributed by atoms with Gasteiger partial charge in [-0.15, -0.1) is 0 Å². The highest BCUT2D eigenvalue weighted by molar-refractivity contribution is 5.95. The Morgan fingerprint density at radius 1 is 1.56 bits per heavy atom. The summed E-state index contributed by atoms with van der Waals surface area (Å²) < 4.78 is 0. The van der Waals surface area contributed by atoms with E-state index in [1.54, 1.807) is 24.5 Å². The second-order valence-corrected chi connectivity index (χ2v) is 4.87. The van der Waals surface area contributed by atoms with Crippen LogP contribution in [0.1, 0.15) is 36.0 Å². The Morgan fingerprint density at radius 3 is 3.17 bits per heavy atom. The minimum absolute atomic E-state index is 0.153. The van der Waals surface area contributed by atoms with Gasteiger partial charge in [-0.1, -0.05) is 0 Å². The van der Waals surface area contributed by atoms with Crippen LogP contribution in [0.5, 0.6) is 0 Å². The number of β-amino-alcohol motifs (C(OH)–C–C–N with tert-alkyl or cyclic N) is 1. The second-order valence-electron chi connectivity index (χ2n) is 4.87. The number of carbonyl (C=O) groups excluding carboxylic acids is 1. The number of aromatic nitrogens is 1. The molecule has 98 valence electrons. The zero-order valence-electron chi connectivity index (χ0n) is 10.6. The van der Waals surface area contributed by atoms with Crippen molar-refractivity contribution in [1.29, 1.82) is 0 Å². The minimum atomic E-state index is -0.187. The smallest absolute Gasteiger partial charge is 0.164 e. The van der Waals surface area contributed by atoms with Crippen LogP contribution < -0.4 is 0 Å². The van der Waals surface area contributed by atoms with Gasteiger partial charge in [-0.2, -0.15) is 0 Å². The van der Waals surface area contributed by atoms with Gasteiger partial charge in [-0.25, -0.2) is 0 Å². The first-order valence-corrected chi connectivity index (χ1v) is 6.59. The number of aliphatic hydroxyl groups excluding tert-OH is 1. The summed E-state index contributed by atoms with van der Waals surface area (Å²) in [6.45, 7) is 2.68. The molecule has 0 radical (unpaired) electrons. The van der Waals surface area contributed by atoms with Gasteiger partial charge in [0.1, 0.15) is 0 Å². The van der Waals surface area contributed by atoms with Crippen LogP contribution in [0.4, 0.5) is 0 Å². The molecule has 0 unspecified atom stereocenters. The maximum absolute atomic E-state index is 11.8. The molecule has 2 heterocycles. The average Bonchev–Trinajstić information content (AvgIpc) is 2.40. The van der Waals surface area contributed by atoms with E-state index in [1.807, 2.05) is 0 Å². The number of hydrogen-bond donors (Lipinski definition) is 1. The predicted octanol–water partition coefficient (Wildman–Crippen LogP) is 1.50. The van der Waals surface area contributed by atoms with Crippen molar-refractivity contribution in [3.05, 3.63) is 30.1 Å². The number of carbonyl (C=O) groups is 1. The van der Waals surface area contributed by atoms with Crippen LogP contribution in [0.15, 0.2) is 24.5 Å². The normalized spacial score (nSPS) is 20.8. The Morgan fingerprint density at radius 2 is 2.44 bits per heavy atom. The molecule has 0 amide bonds. The van der Waals surface area contributed by atoms with Gasteiger partial charge in [-0.05, 0) is 44.5 Å². The number of hydrogen-bond acceptors (Lipinski definition) is 4. The van der Waals surface area contributed by atoms with Crippen LogP contribution in [-0.2, 0) is 0 Å². The molecule has 0 bridgehead atoms. The summed E-state index contributed by atoms with van der Waals surface area (Å²) >= 11 is 0. The van der Waals surface area contributed by atoms with Crippen LogP contribution >= 0.6 is 0 Å². The first-order valence-electron chi connectivity index (χ1n) is 6.59. The summed E-state index contributed by atoms with van der Waals surface area (Å²) in [6, 6.07) is 3.59. The fourth-order valence-corrected chi connectivity index (χ4v) is 2.37. The van der Waals surface area contributed by atoms with Gasteiger partial charge >= 0.3 is 0 Å². The lowest BCUT2D eigenvalue weighted by Gasteiger charge is -2.29. The van der Waals surface area contributed by atoms with Crippen molar-refractivity contribution in [2.45, 2.75) is 31.8 Å². The van der Waals surface area contributed by atoms with Crippen LogP contribution in [-0.4, -0.2) is 46.5 Å². The number of likely N-dealkylation sites (tertiary alicyclic amines) is 1. The van der Waals surface area contributed by atoms with Crippen molar-refractivity contribution in [3.8, 4) is 0 Å². The lowest BCUT2D eigenvalue weighted by molar-refractivity contribution is 0.0692.